The van der Waals surface area contributed by atoms with E-state index in [1.807, 2.05) is 25.1 Å². The molecule has 37 heavy (non-hydrogen) atoms. The average Bonchev–Trinajstić information content (AvgIpc) is 3.19. The van der Waals surface area contributed by atoms with Crippen LogP contribution in [0.1, 0.15) is 22.4 Å². The molecule has 7 nitrogen and oxygen atoms in total. The van der Waals surface area contributed by atoms with E-state index in [9.17, 15) is 14.7 Å². The summed E-state index contributed by atoms with van der Waals surface area (Å²) in [5, 5.41) is 12.9. The van der Waals surface area contributed by atoms with Crippen LogP contribution in [0.5, 0.6) is 5.88 Å². The molecule has 0 radical (unpaired) electrons. The Bertz CT molecular complexity index is 1750. The van der Waals surface area contributed by atoms with Crippen LogP contribution in [0.2, 0.25) is 5.02 Å². The first-order valence-electron chi connectivity index (χ1n) is 11.5. The molecule has 0 bridgehead atoms. The number of H-pyrrole nitrogens is 2. The molecule has 2 heterocycles. The van der Waals surface area contributed by atoms with E-state index in [1.54, 1.807) is 48.5 Å². The fraction of sp³-hybridized carbons (Fsp3) is 0.107. The average molecular weight is 578 g/mol. The molecule has 5 aromatic rings. The Morgan fingerprint density at radius 3 is 2.43 bits per heavy atom. The number of nitrogens with zero attached hydrogens (tertiary/aromatic N) is 2. The number of aromatic amines is 2. The molecule has 0 aliphatic rings. The van der Waals surface area contributed by atoms with Crippen molar-refractivity contribution in [3.63, 3.8) is 0 Å². The minimum Gasteiger partial charge on any atom is -0.493 e. The number of aromatic nitrogens is 3. The molecule has 3 N–H and O–H groups in total. The van der Waals surface area contributed by atoms with E-state index in [0.717, 1.165) is 31.2 Å². The summed E-state index contributed by atoms with van der Waals surface area (Å²) in [4.78, 5) is 36.3. The summed E-state index contributed by atoms with van der Waals surface area (Å²) < 4.78 is 1.86. The van der Waals surface area contributed by atoms with Crippen molar-refractivity contribution in [2.24, 2.45) is 4.99 Å². The van der Waals surface area contributed by atoms with Crippen LogP contribution in [0, 0.1) is 6.92 Å². The molecule has 0 saturated heterocycles. The zero-order valence-electron chi connectivity index (χ0n) is 19.8. The number of aryl methyl sites for hydroxylation is 1. The zero-order chi connectivity index (χ0) is 26.1. The summed E-state index contributed by atoms with van der Waals surface area (Å²) in [6.07, 6.45) is 0.609. The maximum atomic E-state index is 13.1. The van der Waals surface area contributed by atoms with Gasteiger partial charge in [0.25, 0.3) is 5.56 Å². The smallest absolute Gasteiger partial charge is 0.335 e. The molecule has 0 saturated carbocycles. The highest BCUT2D eigenvalue weighted by atomic mass is 79.9. The topological polar surface area (TPSA) is 103 Å². The standard InChI is InChI=1S/C28H22BrClN4O3/c1-16-21(22-4-2-3-5-23(22)32-16)14-15-31-25(17-6-10-19(30)11-7-17)24-26(35)33-28(37)34(27(24)36)20-12-8-18(29)9-13-20/h2-13,32,36H,14-15H2,1H3,(H,33,35,37). The quantitative estimate of drug-likeness (QED) is 0.232. The number of hydrogen-bond donors (Lipinski definition) is 3. The van der Waals surface area contributed by atoms with Crippen molar-refractivity contribution >= 4 is 44.1 Å². The van der Waals surface area contributed by atoms with E-state index in [4.69, 9.17) is 16.6 Å². The van der Waals surface area contributed by atoms with Crippen molar-refractivity contribution in [2.75, 3.05) is 6.54 Å². The van der Waals surface area contributed by atoms with Gasteiger partial charge in [-0.3, -0.25) is 14.8 Å². The van der Waals surface area contributed by atoms with Gasteiger partial charge in [-0.05, 0) is 61.4 Å². The Hall–Kier alpha value is -3.88. The van der Waals surface area contributed by atoms with Gasteiger partial charge in [-0.15, -0.1) is 0 Å². The number of benzene rings is 3. The fourth-order valence-corrected chi connectivity index (χ4v) is 4.82. The SMILES string of the molecule is Cc1[nH]c2ccccc2c1CCN=C(c1ccc(Cl)cc1)c1c(O)n(-c2ccc(Br)cc2)c(=O)[nH]c1=O. The van der Waals surface area contributed by atoms with Gasteiger partial charge in [0.15, 0.2) is 0 Å². The van der Waals surface area contributed by atoms with Crippen LogP contribution in [0.4, 0.5) is 0 Å². The molecule has 3 aromatic carbocycles. The van der Waals surface area contributed by atoms with Gasteiger partial charge >= 0.3 is 5.69 Å². The number of para-hydroxylation sites is 1. The van der Waals surface area contributed by atoms with E-state index in [-0.39, 0.29) is 11.3 Å². The fourth-order valence-electron chi connectivity index (χ4n) is 4.43. The van der Waals surface area contributed by atoms with Crippen molar-refractivity contribution < 1.29 is 5.11 Å². The summed E-state index contributed by atoms with van der Waals surface area (Å²) in [5.41, 5.74) is 2.90. The van der Waals surface area contributed by atoms with Crippen LogP contribution in [0.3, 0.4) is 0 Å². The Kier molecular flexibility index (Phi) is 6.86. The molecular weight excluding hydrogens is 556 g/mol. The van der Waals surface area contributed by atoms with E-state index in [0.29, 0.717) is 29.2 Å². The lowest BCUT2D eigenvalue weighted by atomic mass is 10.0. The van der Waals surface area contributed by atoms with Gasteiger partial charge in [-0.2, -0.15) is 0 Å². The maximum Gasteiger partial charge on any atom is 0.335 e. The van der Waals surface area contributed by atoms with E-state index < -0.39 is 17.1 Å². The monoisotopic (exact) mass is 576 g/mol. The molecule has 0 fully saturated rings. The third kappa shape index (κ3) is 4.90. The third-order valence-corrected chi connectivity index (χ3v) is 6.96. The first-order valence-corrected chi connectivity index (χ1v) is 12.7. The van der Waals surface area contributed by atoms with Gasteiger partial charge in [-0.1, -0.05) is 57.9 Å². The second-order valence-corrected chi connectivity index (χ2v) is 9.88. The predicted molar refractivity (Wildman–Crippen MR) is 151 cm³/mol. The summed E-state index contributed by atoms with van der Waals surface area (Å²) in [6.45, 7) is 2.36. The van der Waals surface area contributed by atoms with Gasteiger partial charge in [0.05, 0.1) is 11.4 Å². The lowest BCUT2D eigenvalue weighted by molar-refractivity contribution is 0.430. The van der Waals surface area contributed by atoms with Crippen molar-refractivity contribution in [2.45, 2.75) is 13.3 Å². The summed E-state index contributed by atoms with van der Waals surface area (Å²) >= 11 is 9.46. The number of rotatable bonds is 6. The molecule has 0 amide bonds. The van der Waals surface area contributed by atoms with E-state index in [2.05, 4.69) is 32.0 Å². The highest BCUT2D eigenvalue weighted by molar-refractivity contribution is 9.10. The lowest BCUT2D eigenvalue weighted by Gasteiger charge is -2.14. The number of aliphatic imine (C=N–C) groups is 1. The minimum atomic E-state index is -0.751. The van der Waals surface area contributed by atoms with Gasteiger partial charge in [0.1, 0.15) is 5.56 Å². The Balaban J connectivity index is 1.63. The molecule has 0 aliphatic heterocycles. The maximum absolute atomic E-state index is 13.1. The number of nitrogens with one attached hydrogen (secondary N) is 2. The van der Waals surface area contributed by atoms with Crippen LogP contribution in [0.25, 0.3) is 16.6 Å². The summed E-state index contributed by atoms with van der Waals surface area (Å²) in [5.74, 6) is -0.493. The predicted octanol–water partition coefficient (Wildman–Crippen LogP) is 5.52. The van der Waals surface area contributed by atoms with Gasteiger partial charge in [0.2, 0.25) is 5.88 Å². The molecule has 0 spiro atoms. The molecule has 0 atom stereocenters. The Labute approximate surface area is 225 Å². The normalized spacial score (nSPS) is 11.8. The summed E-state index contributed by atoms with van der Waals surface area (Å²) in [7, 11) is 0. The largest absolute Gasteiger partial charge is 0.493 e. The van der Waals surface area contributed by atoms with Crippen molar-refractivity contribution in [3.05, 3.63) is 126 Å². The molecule has 186 valence electrons. The molecular formula is C28H22BrClN4O3. The van der Waals surface area contributed by atoms with Gasteiger partial charge in [0, 0.05) is 38.2 Å². The molecule has 2 aromatic heterocycles. The number of aromatic hydroxyl groups is 1. The van der Waals surface area contributed by atoms with Crippen molar-refractivity contribution in [1.29, 1.82) is 0 Å². The van der Waals surface area contributed by atoms with Crippen LogP contribution in [-0.4, -0.2) is 31.9 Å². The van der Waals surface area contributed by atoms with Crippen LogP contribution in [0.15, 0.2) is 91.9 Å². The Morgan fingerprint density at radius 2 is 1.70 bits per heavy atom. The minimum absolute atomic E-state index is 0.0968. The zero-order valence-corrected chi connectivity index (χ0v) is 22.1. The summed E-state index contributed by atoms with van der Waals surface area (Å²) in [6, 6.07) is 21.7. The highest BCUT2D eigenvalue weighted by Gasteiger charge is 2.22. The number of halogens is 2. The second-order valence-electron chi connectivity index (χ2n) is 8.53. The molecule has 9 heteroatoms. The third-order valence-electron chi connectivity index (χ3n) is 6.18. The first-order chi connectivity index (χ1) is 17.8. The molecule has 0 unspecified atom stereocenters. The van der Waals surface area contributed by atoms with Crippen molar-refractivity contribution in [1.82, 2.24) is 14.5 Å². The second kappa shape index (κ2) is 10.2. The van der Waals surface area contributed by atoms with Gasteiger partial charge in [-0.25, -0.2) is 9.36 Å². The van der Waals surface area contributed by atoms with E-state index >= 15 is 0 Å². The highest BCUT2D eigenvalue weighted by Crippen LogP contribution is 2.24. The van der Waals surface area contributed by atoms with E-state index in [1.165, 1.54) is 0 Å². The first kappa shape index (κ1) is 24.8. The molecule has 0 aliphatic carbocycles. The van der Waals surface area contributed by atoms with Gasteiger partial charge < -0.3 is 10.1 Å². The van der Waals surface area contributed by atoms with Crippen LogP contribution < -0.4 is 11.2 Å². The van der Waals surface area contributed by atoms with Crippen LogP contribution >= 0.6 is 27.5 Å². The number of fused-ring (bicyclic) bond motifs is 1. The molecule has 5 rings (SSSR count). The van der Waals surface area contributed by atoms with Crippen molar-refractivity contribution in [3.8, 4) is 11.6 Å². The Morgan fingerprint density at radius 1 is 1.00 bits per heavy atom. The number of hydrogen-bond acceptors (Lipinski definition) is 4. The lowest BCUT2D eigenvalue weighted by Crippen LogP contribution is -2.33. The van der Waals surface area contributed by atoms with Crippen LogP contribution in [-0.2, 0) is 6.42 Å².